The second kappa shape index (κ2) is 7.16. The van der Waals surface area contributed by atoms with Crippen molar-refractivity contribution in [2.75, 3.05) is 31.4 Å². The Morgan fingerprint density at radius 2 is 1.89 bits per heavy atom. The Kier molecular flexibility index (Phi) is 5.85. The van der Waals surface area contributed by atoms with Gasteiger partial charge < -0.3 is 15.4 Å². The molecule has 0 aliphatic heterocycles. The number of methoxy groups -OCH3 is 1. The van der Waals surface area contributed by atoms with Gasteiger partial charge in [0, 0.05) is 26.1 Å². The molecule has 18 heavy (non-hydrogen) atoms. The van der Waals surface area contributed by atoms with Crippen molar-refractivity contribution in [2.45, 2.75) is 39.7 Å². The lowest BCUT2D eigenvalue weighted by atomic mass is 10.2. The van der Waals surface area contributed by atoms with Crippen molar-refractivity contribution in [3.05, 3.63) is 11.4 Å². The summed E-state index contributed by atoms with van der Waals surface area (Å²) in [5.74, 6) is 2.63. The first-order chi connectivity index (χ1) is 8.65. The molecule has 0 amide bonds. The zero-order valence-electron chi connectivity index (χ0n) is 12.0. The molecule has 0 aromatic carbocycles. The van der Waals surface area contributed by atoms with E-state index in [4.69, 9.17) is 4.74 Å². The number of hydrogen-bond acceptors (Lipinski definition) is 5. The Balaban J connectivity index is 2.98. The first kappa shape index (κ1) is 14.7. The maximum absolute atomic E-state index is 5.20. The average molecular weight is 252 g/mol. The van der Waals surface area contributed by atoms with Gasteiger partial charge >= 0.3 is 0 Å². The van der Waals surface area contributed by atoms with Crippen LogP contribution in [0.1, 0.15) is 31.7 Å². The van der Waals surface area contributed by atoms with Crippen LogP contribution in [0.15, 0.2) is 0 Å². The molecule has 1 aromatic rings. The molecule has 1 atom stereocenters. The van der Waals surface area contributed by atoms with Crippen molar-refractivity contribution in [1.29, 1.82) is 0 Å². The smallest absolute Gasteiger partial charge is 0.135 e. The maximum atomic E-state index is 5.20. The number of aryl methyl sites for hydroxylation is 1. The molecule has 0 saturated carbocycles. The fourth-order valence-corrected chi connectivity index (χ4v) is 1.76. The molecular weight excluding hydrogens is 228 g/mol. The first-order valence-electron chi connectivity index (χ1n) is 6.46. The van der Waals surface area contributed by atoms with Gasteiger partial charge in [0.15, 0.2) is 0 Å². The summed E-state index contributed by atoms with van der Waals surface area (Å²) in [6.45, 7) is 6.89. The van der Waals surface area contributed by atoms with E-state index in [2.05, 4.69) is 34.4 Å². The van der Waals surface area contributed by atoms with Gasteiger partial charge in [-0.2, -0.15) is 0 Å². The van der Waals surface area contributed by atoms with Crippen molar-refractivity contribution in [3.63, 3.8) is 0 Å². The fourth-order valence-electron chi connectivity index (χ4n) is 1.76. The second-order valence-corrected chi connectivity index (χ2v) is 4.27. The molecule has 102 valence electrons. The lowest BCUT2D eigenvalue weighted by molar-refractivity contribution is 0.184. The van der Waals surface area contributed by atoms with E-state index >= 15 is 0 Å². The monoisotopic (exact) mass is 252 g/mol. The van der Waals surface area contributed by atoms with E-state index in [0.717, 1.165) is 35.9 Å². The van der Waals surface area contributed by atoms with Crippen molar-refractivity contribution in [1.82, 2.24) is 9.97 Å². The van der Waals surface area contributed by atoms with Gasteiger partial charge in [-0.25, -0.2) is 9.97 Å². The van der Waals surface area contributed by atoms with E-state index in [1.54, 1.807) is 7.11 Å². The molecule has 1 heterocycles. The second-order valence-electron chi connectivity index (χ2n) is 4.27. The summed E-state index contributed by atoms with van der Waals surface area (Å²) < 4.78 is 5.20. The highest BCUT2D eigenvalue weighted by Gasteiger charge is 2.12. The average Bonchev–Trinajstić information content (AvgIpc) is 2.40. The molecular formula is C13H24N4O. The molecule has 1 aromatic heterocycles. The highest BCUT2D eigenvalue weighted by Crippen LogP contribution is 2.21. The molecule has 0 aliphatic carbocycles. The minimum atomic E-state index is 0.276. The Bertz CT molecular complexity index is 381. The molecule has 1 rings (SSSR count). The highest BCUT2D eigenvalue weighted by molar-refractivity contribution is 5.57. The number of nitrogens with zero attached hydrogens (tertiary/aromatic N) is 2. The summed E-state index contributed by atoms with van der Waals surface area (Å²) in [5.41, 5.74) is 1.05. The number of nitrogens with one attached hydrogen (secondary N) is 2. The molecule has 0 saturated heterocycles. The summed E-state index contributed by atoms with van der Waals surface area (Å²) in [7, 11) is 3.60. The van der Waals surface area contributed by atoms with Crippen LogP contribution in [-0.2, 0) is 11.2 Å². The van der Waals surface area contributed by atoms with E-state index in [1.807, 2.05) is 14.0 Å². The SMILES string of the molecule is CCc1nc(NC)c(C)c(NC(CC)COC)n1. The summed E-state index contributed by atoms with van der Waals surface area (Å²) in [6, 6.07) is 0.276. The number of hydrogen-bond donors (Lipinski definition) is 2. The van der Waals surface area contributed by atoms with Crippen LogP contribution in [-0.4, -0.2) is 36.8 Å². The van der Waals surface area contributed by atoms with Crippen LogP contribution in [0.25, 0.3) is 0 Å². The summed E-state index contributed by atoms with van der Waals surface area (Å²) in [6.07, 6.45) is 1.82. The molecule has 0 spiro atoms. The van der Waals surface area contributed by atoms with Gasteiger partial charge in [0.2, 0.25) is 0 Å². The molecule has 2 N–H and O–H groups in total. The standard InChI is InChI=1S/C13H24N4O/c1-6-10(8-18-5)15-13-9(3)12(14-4)16-11(7-2)17-13/h10H,6-8H2,1-5H3,(H2,14,15,16,17). The Hall–Kier alpha value is -1.36. The summed E-state index contributed by atoms with van der Waals surface area (Å²) in [5, 5.41) is 6.54. The Labute approximate surface area is 109 Å². The predicted octanol–water partition coefficient (Wildman–Crippen LogP) is 2.23. The molecule has 5 heteroatoms. The zero-order chi connectivity index (χ0) is 13.5. The molecule has 0 aliphatic rings. The molecule has 1 unspecified atom stereocenters. The lowest BCUT2D eigenvalue weighted by Gasteiger charge is -2.19. The third-order valence-corrected chi connectivity index (χ3v) is 2.95. The Morgan fingerprint density at radius 1 is 1.22 bits per heavy atom. The number of aromatic nitrogens is 2. The van der Waals surface area contributed by atoms with E-state index in [9.17, 15) is 0 Å². The van der Waals surface area contributed by atoms with Crippen LogP contribution in [0.4, 0.5) is 11.6 Å². The Morgan fingerprint density at radius 3 is 2.39 bits per heavy atom. The van der Waals surface area contributed by atoms with E-state index < -0.39 is 0 Å². The fraction of sp³-hybridized carbons (Fsp3) is 0.692. The topological polar surface area (TPSA) is 59.1 Å². The minimum absolute atomic E-state index is 0.276. The quantitative estimate of drug-likeness (QED) is 0.779. The van der Waals surface area contributed by atoms with Crippen molar-refractivity contribution in [3.8, 4) is 0 Å². The van der Waals surface area contributed by atoms with Crippen molar-refractivity contribution < 1.29 is 4.74 Å². The highest BCUT2D eigenvalue weighted by atomic mass is 16.5. The first-order valence-corrected chi connectivity index (χ1v) is 6.46. The molecule has 5 nitrogen and oxygen atoms in total. The van der Waals surface area contributed by atoms with Gasteiger partial charge in [0.25, 0.3) is 0 Å². The third-order valence-electron chi connectivity index (χ3n) is 2.95. The molecule has 0 radical (unpaired) electrons. The maximum Gasteiger partial charge on any atom is 0.135 e. The minimum Gasteiger partial charge on any atom is -0.383 e. The van der Waals surface area contributed by atoms with Gasteiger partial charge in [-0.3, -0.25) is 0 Å². The van der Waals surface area contributed by atoms with E-state index in [1.165, 1.54) is 0 Å². The molecule has 0 bridgehead atoms. The summed E-state index contributed by atoms with van der Waals surface area (Å²) in [4.78, 5) is 9.01. The van der Waals surface area contributed by atoms with Crippen molar-refractivity contribution >= 4 is 11.6 Å². The normalized spacial score (nSPS) is 12.3. The van der Waals surface area contributed by atoms with Gasteiger partial charge in [0.05, 0.1) is 12.6 Å². The van der Waals surface area contributed by atoms with Crippen LogP contribution >= 0.6 is 0 Å². The number of ether oxygens (including phenoxy) is 1. The van der Waals surface area contributed by atoms with Gasteiger partial charge in [-0.05, 0) is 13.3 Å². The predicted molar refractivity (Wildman–Crippen MR) is 75.3 cm³/mol. The van der Waals surface area contributed by atoms with Crippen LogP contribution in [0, 0.1) is 6.92 Å². The third kappa shape index (κ3) is 3.57. The van der Waals surface area contributed by atoms with E-state index in [0.29, 0.717) is 6.61 Å². The van der Waals surface area contributed by atoms with Gasteiger partial charge in [-0.15, -0.1) is 0 Å². The van der Waals surface area contributed by atoms with Gasteiger partial charge in [0.1, 0.15) is 17.5 Å². The summed E-state index contributed by atoms with van der Waals surface area (Å²) >= 11 is 0. The molecule has 0 fully saturated rings. The zero-order valence-corrected chi connectivity index (χ0v) is 12.0. The number of rotatable bonds is 7. The van der Waals surface area contributed by atoms with Crippen LogP contribution in [0.5, 0.6) is 0 Å². The van der Waals surface area contributed by atoms with Gasteiger partial charge in [-0.1, -0.05) is 13.8 Å². The van der Waals surface area contributed by atoms with Crippen LogP contribution in [0.2, 0.25) is 0 Å². The van der Waals surface area contributed by atoms with E-state index in [-0.39, 0.29) is 6.04 Å². The number of anilines is 2. The van der Waals surface area contributed by atoms with Crippen LogP contribution < -0.4 is 10.6 Å². The van der Waals surface area contributed by atoms with Crippen LogP contribution in [0.3, 0.4) is 0 Å². The largest absolute Gasteiger partial charge is 0.383 e. The van der Waals surface area contributed by atoms with Crippen molar-refractivity contribution in [2.24, 2.45) is 0 Å². The lowest BCUT2D eigenvalue weighted by Crippen LogP contribution is -2.25.